The van der Waals surface area contributed by atoms with Crippen molar-refractivity contribution < 1.29 is 19.4 Å². The molecule has 100 valence electrons. The van der Waals surface area contributed by atoms with Crippen LogP contribution in [0.4, 0.5) is 5.69 Å². The smallest absolute Gasteiger partial charge is 0.311 e. The van der Waals surface area contributed by atoms with Crippen molar-refractivity contribution in [3.63, 3.8) is 0 Å². The zero-order chi connectivity index (χ0) is 13.4. The number of carbonyl (C=O) groups is 2. The Morgan fingerprint density at radius 3 is 2.89 bits per heavy atom. The van der Waals surface area contributed by atoms with E-state index in [0.717, 1.165) is 18.4 Å². The molecule has 1 aromatic carbocycles. The van der Waals surface area contributed by atoms with E-state index in [0.29, 0.717) is 24.5 Å². The molecule has 3 rings (SSSR count). The van der Waals surface area contributed by atoms with Crippen LogP contribution in [0.1, 0.15) is 30.7 Å². The molecule has 1 heterocycles. The molecule has 0 bridgehead atoms. The molecule has 0 saturated heterocycles. The quantitative estimate of drug-likeness (QED) is 0.872. The predicted octanol–water partition coefficient (Wildman–Crippen LogP) is 1.99. The molecule has 1 saturated carbocycles. The Morgan fingerprint density at radius 2 is 2.21 bits per heavy atom. The van der Waals surface area contributed by atoms with E-state index in [9.17, 15) is 14.7 Å². The number of amides is 1. The van der Waals surface area contributed by atoms with Gasteiger partial charge in [-0.25, -0.2) is 0 Å². The van der Waals surface area contributed by atoms with Crippen LogP contribution in [0.5, 0.6) is 5.75 Å². The van der Waals surface area contributed by atoms with Gasteiger partial charge in [0.25, 0.3) is 0 Å². The second-order valence-electron chi connectivity index (χ2n) is 5.06. The summed E-state index contributed by atoms with van der Waals surface area (Å²) >= 11 is 0. The monoisotopic (exact) mass is 261 g/mol. The molecule has 1 atom stereocenters. The molecule has 5 heteroatoms. The summed E-state index contributed by atoms with van der Waals surface area (Å²) in [7, 11) is 0. The van der Waals surface area contributed by atoms with Gasteiger partial charge in [0.05, 0.1) is 24.6 Å². The Morgan fingerprint density at radius 1 is 1.42 bits per heavy atom. The third-order valence-electron chi connectivity index (χ3n) is 3.58. The minimum atomic E-state index is -0.802. The molecule has 0 aromatic heterocycles. The van der Waals surface area contributed by atoms with Crippen LogP contribution in [0, 0.1) is 5.92 Å². The number of carboxylic acids is 1. The van der Waals surface area contributed by atoms with E-state index in [2.05, 4.69) is 5.32 Å². The highest BCUT2D eigenvalue weighted by Gasteiger charge is 2.37. The summed E-state index contributed by atoms with van der Waals surface area (Å²) in [5.74, 6) is -0.560. The Labute approximate surface area is 110 Å². The largest absolute Gasteiger partial charge is 0.491 e. The molecule has 1 aliphatic heterocycles. The van der Waals surface area contributed by atoms with Crippen molar-refractivity contribution in [2.24, 2.45) is 5.92 Å². The lowest BCUT2D eigenvalue weighted by atomic mass is 9.94. The minimum Gasteiger partial charge on any atom is -0.491 e. The number of carboxylic acid groups (broad SMARTS) is 1. The molecule has 2 N–H and O–H groups in total. The summed E-state index contributed by atoms with van der Waals surface area (Å²) in [5.41, 5.74) is 1.31. The van der Waals surface area contributed by atoms with Gasteiger partial charge >= 0.3 is 5.97 Å². The maximum atomic E-state index is 11.5. The standard InChI is InChI=1S/C14H15NO4/c16-12-5-6-19-11-4-3-9(7-10(11)15-12)13(14(17)18)8-1-2-8/h3-4,7-8,13H,1-2,5-6H2,(H,15,16)(H,17,18). The SMILES string of the molecule is O=C1CCOc2ccc(C(C(=O)O)C3CC3)cc2N1. The summed E-state index contributed by atoms with van der Waals surface area (Å²) in [6, 6.07) is 5.26. The van der Waals surface area contributed by atoms with Crippen molar-refractivity contribution in [2.75, 3.05) is 11.9 Å². The van der Waals surface area contributed by atoms with Crippen LogP contribution in [0.25, 0.3) is 0 Å². The zero-order valence-electron chi connectivity index (χ0n) is 10.4. The number of hydrogen-bond acceptors (Lipinski definition) is 3. The van der Waals surface area contributed by atoms with Gasteiger partial charge in [0, 0.05) is 0 Å². The molecule has 1 unspecified atom stereocenters. The maximum absolute atomic E-state index is 11.5. The lowest BCUT2D eigenvalue weighted by Gasteiger charge is -2.14. The van der Waals surface area contributed by atoms with E-state index >= 15 is 0 Å². The third-order valence-corrected chi connectivity index (χ3v) is 3.58. The number of carbonyl (C=O) groups excluding carboxylic acids is 1. The number of nitrogens with one attached hydrogen (secondary N) is 1. The molecule has 2 aliphatic rings. The molecule has 0 spiro atoms. The summed E-state index contributed by atoms with van der Waals surface area (Å²) < 4.78 is 5.46. The highest BCUT2D eigenvalue weighted by Crippen LogP contribution is 2.44. The van der Waals surface area contributed by atoms with Gasteiger partial charge in [-0.3, -0.25) is 9.59 Å². The average molecular weight is 261 g/mol. The molecule has 1 aromatic rings. The van der Waals surface area contributed by atoms with Gasteiger partial charge < -0.3 is 15.2 Å². The lowest BCUT2D eigenvalue weighted by Crippen LogP contribution is -2.14. The van der Waals surface area contributed by atoms with E-state index in [-0.39, 0.29) is 11.8 Å². The fraction of sp³-hybridized carbons (Fsp3) is 0.429. The van der Waals surface area contributed by atoms with Crippen molar-refractivity contribution in [1.29, 1.82) is 0 Å². The first-order valence-corrected chi connectivity index (χ1v) is 6.44. The van der Waals surface area contributed by atoms with Gasteiger partial charge in [-0.1, -0.05) is 6.07 Å². The van der Waals surface area contributed by atoms with E-state index in [4.69, 9.17) is 4.74 Å². The van der Waals surface area contributed by atoms with Gasteiger partial charge in [-0.15, -0.1) is 0 Å². The lowest BCUT2D eigenvalue weighted by molar-refractivity contribution is -0.139. The molecule has 19 heavy (non-hydrogen) atoms. The number of benzene rings is 1. The Kier molecular flexibility index (Phi) is 2.89. The third kappa shape index (κ3) is 2.41. The fourth-order valence-corrected chi connectivity index (χ4v) is 2.48. The minimum absolute atomic E-state index is 0.103. The highest BCUT2D eigenvalue weighted by molar-refractivity contribution is 5.93. The topological polar surface area (TPSA) is 75.6 Å². The summed E-state index contributed by atoms with van der Waals surface area (Å²) in [5, 5.41) is 12.1. The molecule has 1 aliphatic carbocycles. The van der Waals surface area contributed by atoms with Gasteiger partial charge in [-0.05, 0) is 36.5 Å². The van der Waals surface area contributed by atoms with Crippen LogP contribution in [0.3, 0.4) is 0 Å². The van der Waals surface area contributed by atoms with Crippen molar-refractivity contribution in [3.05, 3.63) is 23.8 Å². The van der Waals surface area contributed by atoms with Gasteiger partial charge in [0.2, 0.25) is 5.91 Å². The van der Waals surface area contributed by atoms with Crippen LogP contribution >= 0.6 is 0 Å². The molecule has 1 amide bonds. The number of aliphatic carboxylic acids is 1. The summed E-state index contributed by atoms with van der Waals surface area (Å²) in [6.45, 7) is 0.350. The number of rotatable bonds is 3. The van der Waals surface area contributed by atoms with E-state index in [1.54, 1.807) is 18.2 Å². The molecule has 0 radical (unpaired) electrons. The highest BCUT2D eigenvalue weighted by atomic mass is 16.5. The van der Waals surface area contributed by atoms with Crippen molar-refractivity contribution in [1.82, 2.24) is 0 Å². The molecule has 5 nitrogen and oxygen atoms in total. The zero-order valence-corrected chi connectivity index (χ0v) is 10.4. The maximum Gasteiger partial charge on any atom is 0.311 e. The van der Waals surface area contributed by atoms with Crippen LogP contribution in [-0.2, 0) is 9.59 Å². The number of ether oxygens (including phenoxy) is 1. The van der Waals surface area contributed by atoms with Crippen LogP contribution in [0.15, 0.2) is 18.2 Å². The number of hydrogen-bond donors (Lipinski definition) is 2. The van der Waals surface area contributed by atoms with Crippen molar-refractivity contribution in [2.45, 2.75) is 25.2 Å². The van der Waals surface area contributed by atoms with Crippen LogP contribution < -0.4 is 10.1 Å². The Hall–Kier alpha value is -2.04. The molecule has 1 fully saturated rings. The van der Waals surface area contributed by atoms with Gasteiger partial charge in [-0.2, -0.15) is 0 Å². The van der Waals surface area contributed by atoms with Crippen LogP contribution in [0.2, 0.25) is 0 Å². The second-order valence-corrected chi connectivity index (χ2v) is 5.06. The van der Waals surface area contributed by atoms with Crippen molar-refractivity contribution >= 4 is 17.6 Å². The fourth-order valence-electron chi connectivity index (χ4n) is 2.48. The van der Waals surface area contributed by atoms with E-state index < -0.39 is 11.9 Å². The summed E-state index contributed by atoms with van der Waals surface area (Å²) in [4.78, 5) is 22.9. The Balaban J connectivity index is 1.95. The first-order chi connectivity index (χ1) is 9.15. The van der Waals surface area contributed by atoms with Gasteiger partial charge in [0.1, 0.15) is 5.75 Å². The predicted molar refractivity (Wildman–Crippen MR) is 68.3 cm³/mol. The first-order valence-electron chi connectivity index (χ1n) is 6.44. The van der Waals surface area contributed by atoms with Gasteiger partial charge in [0.15, 0.2) is 0 Å². The number of fused-ring (bicyclic) bond motifs is 1. The van der Waals surface area contributed by atoms with E-state index in [1.165, 1.54) is 0 Å². The molecular formula is C14H15NO4. The normalized spacial score (nSPS) is 19.7. The summed E-state index contributed by atoms with van der Waals surface area (Å²) in [6.07, 6.45) is 2.23. The molecular weight excluding hydrogens is 246 g/mol. The number of anilines is 1. The average Bonchev–Trinajstić information content (AvgIpc) is 3.16. The van der Waals surface area contributed by atoms with Crippen LogP contribution in [-0.4, -0.2) is 23.6 Å². The second kappa shape index (κ2) is 4.57. The van der Waals surface area contributed by atoms with Crippen molar-refractivity contribution in [3.8, 4) is 5.75 Å². The first kappa shape index (κ1) is 12.0. The Bertz CT molecular complexity index is 536. The van der Waals surface area contributed by atoms with E-state index in [1.807, 2.05) is 0 Å².